The van der Waals surface area contributed by atoms with Gasteiger partial charge in [-0.1, -0.05) is 18.2 Å². The maximum Gasteiger partial charge on any atom is 0.256 e. The lowest BCUT2D eigenvalue weighted by Crippen LogP contribution is -2.18. The Morgan fingerprint density at radius 3 is 2.71 bits per heavy atom. The van der Waals surface area contributed by atoms with Gasteiger partial charge in [0.05, 0.1) is 17.7 Å². The molecule has 21 heavy (non-hydrogen) atoms. The highest BCUT2D eigenvalue weighted by Gasteiger charge is 2.20. The van der Waals surface area contributed by atoms with Crippen LogP contribution in [-0.2, 0) is 6.42 Å². The quantitative estimate of drug-likeness (QED) is 0.744. The van der Waals surface area contributed by atoms with Crippen molar-refractivity contribution in [1.82, 2.24) is 4.98 Å². The van der Waals surface area contributed by atoms with E-state index in [2.05, 4.69) is 4.98 Å². The van der Waals surface area contributed by atoms with E-state index in [1.807, 2.05) is 18.2 Å². The summed E-state index contributed by atoms with van der Waals surface area (Å²) in [6, 6.07) is 11.7. The third kappa shape index (κ3) is 1.83. The summed E-state index contributed by atoms with van der Waals surface area (Å²) in [5.74, 6) is 0.474. The van der Waals surface area contributed by atoms with Crippen molar-refractivity contribution >= 4 is 10.9 Å². The van der Waals surface area contributed by atoms with Crippen molar-refractivity contribution in [1.29, 1.82) is 0 Å². The molecule has 1 aromatic heterocycles. The predicted octanol–water partition coefficient (Wildman–Crippen LogP) is 3.27. The van der Waals surface area contributed by atoms with Gasteiger partial charge in [-0.05, 0) is 35.4 Å². The van der Waals surface area contributed by atoms with E-state index in [0.717, 1.165) is 27.8 Å². The molecule has 0 spiro atoms. The first-order chi connectivity index (χ1) is 10.2. The molecule has 2 heterocycles. The highest BCUT2D eigenvalue weighted by atomic mass is 19.1. The Labute approximate surface area is 120 Å². The number of H-pyrrole nitrogens is 1. The molecule has 0 aliphatic carbocycles. The van der Waals surface area contributed by atoms with Crippen molar-refractivity contribution in [2.24, 2.45) is 0 Å². The SMILES string of the molecule is O=c1[nH]c2cccc3c2c(c1-c1ccc(F)cc1)CCO3. The van der Waals surface area contributed by atoms with Crippen LogP contribution in [0.25, 0.3) is 22.0 Å². The minimum atomic E-state index is -0.311. The summed E-state index contributed by atoms with van der Waals surface area (Å²) in [6.07, 6.45) is 0.671. The molecule has 2 aromatic carbocycles. The van der Waals surface area contributed by atoms with E-state index in [0.29, 0.717) is 18.6 Å². The zero-order valence-corrected chi connectivity index (χ0v) is 11.2. The number of benzene rings is 2. The summed E-state index contributed by atoms with van der Waals surface area (Å²) >= 11 is 0. The highest BCUT2D eigenvalue weighted by molar-refractivity contribution is 5.93. The number of aromatic nitrogens is 1. The summed E-state index contributed by atoms with van der Waals surface area (Å²) in [5, 5.41) is 0.947. The van der Waals surface area contributed by atoms with Crippen molar-refractivity contribution in [3.63, 3.8) is 0 Å². The molecule has 3 aromatic rings. The van der Waals surface area contributed by atoms with Crippen LogP contribution in [0.15, 0.2) is 47.3 Å². The van der Waals surface area contributed by atoms with Gasteiger partial charge in [0.1, 0.15) is 11.6 Å². The largest absolute Gasteiger partial charge is 0.493 e. The van der Waals surface area contributed by atoms with Gasteiger partial charge in [0.2, 0.25) is 0 Å². The van der Waals surface area contributed by atoms with Crippen molar-refractivity contribution in [2.45, 2.75) is 6.42 Å². The van der Waals surface area contributed by atoms with E-state index in [4.69, 9.17) is 4.74 Å². The number of aromatic amines is 1. The number of hydrogen-bond acceptors (Lipinski definition) is 2. The van der Waals surface area contributed by atoms with Gasteiger partial charge in [0.25, 0.3) is 5.56 Å². The molecule has 0 saturated heterocycles. The molecule has 0 amide bonds. The second-order valence-electron chi connectivity index (χ2n) is 5.09. The second kappa shape index (κ2) is 4.45. The Morgan fingerprint density at radius 1 is 1.10 bits per heavy atom. The van der Waals surface area contributed by atoms with Gasteiger partial charge in [-0.25, -0.2) is 4.39 Å². The summed E-state index contributed by atoms with van der Waals surface area (Å²) in [4.78, 5) is 15.3. The molecule has 1 aliphatic rings. The molecule has 1 aliphatic heterocycles. The van der Waals surface area contributed by atoms with Crippen molar-refractivity contribution in [3.05, 3.63) is 64.2 Å². The molecule has 104 valence electrons. The lowest BCUT2D eigenvalue weighted by molar-refractivity contribution is 0.318. The topological polar surface area (TPSA) is 42.1 Å². The van der Waals surface area contributed by atoms with E-state index in [9.17, 15) is 9.18 Å². The fraction of sp³-hybridized carbons (Fsp3) is 0.118. The smallest absolute Gasteiger partial charge is 0.256 e. The van der Waals surface area contributed by atoms with E-state index < -0.39 is 0 Å². The highest BCUT2D eigenvalue weighted by Crippen LogP contribution is 2.35. The zero-order valence-electron chi connectivity index (χ0n) is 11.2. The van der Waals surface area contributed by atoms with Crippen molar-refractivity contribution in [3.8, 4) is 16.9 Å². The number of ether oxygens (including phenoxy) is 1. The van der Waals surface area contributed by atoms with Crippen molar-refractivity contribution in [2.75, 3.05) is 6.61 Å². The fourth-order valence-electron chi connectivity index (χ4n) is 2.95. The van der Waals surface area contributed by atoms with Gasteiger partial charge in [0, 0.05) is 11.8 Å². The maximum absolute atomic E-state index is 13.1. The van der Waals surface area contributed by atoms with Crippen LogP contribution < -0.4 is 10.3 Å². The molecule has 0 saturated carbocycles. The Bertz CT molecular complexity index is 897. The Hall–Kier alpha value is -2.62. The lowest BCUT2D eigenvalue weighted by Gasteiger charge is -2.20. The average molecular weight is 281 g/mol. The summed E-state index contributed by atoms with van der Waals surface area (Å²) in [6.45, 7) is 0.545. The van der Waals surface area contributed by atoms with E-state index >= 15 is 0 Å². The van der Waals surface area contributed by atoms with Crippen LogP contribution in [0, 0.1) is 5.82 Å². The van der Waals surface area contributed by atoms with Crippen LogP contribution in [-0.4, -0.2) is 11.6 Å². The van der Waals surface area contributed by atoms with Gasteiger partial charge < -0.3 is 9.72 Å². The van der Waals surface area contributed by atoms with E-state index in [1.165, 1.54) is 12.1 Å². The fourth-order valence-corrected chi connectivity index (χ4v) is 2.95. The predicted molar refractivity (Wildman–Crippen MR) is 79.2 cm³/mol. The molecule has 3 nitrogen and oxygen atoms in total. The molecule has 0 atom stereocenters. The van der Waals surface area contributed by atoms with Crippen LogP contribution in [0.3, 0.4) is 0 Å². The first-order valence-electron chi connectivity index (χ1n) is 6.80. The van der Waals surface area contributed by atoms with Crippen LogP contribution in [0.5, 0.6) is 5.75 Å². The zero-order chi connectivity index (χ0) is 14.4. The van der Waals surface area contributed by atoms with Crippen LogP contribution in [0.2, 0.25) is 0 Å². The molecular weight excluding hydrogens is 269 g/mol. The number of rotatable bonds is 1. The Balaban J connectivity index is 2.10. The summed E-state index contributed by atoms with van der Waals surface area (Å²) in [5.41, 5.74) is 2.94. The molecule has 0 unspecified atom stereocenters. The second-order valence-corrected chi connectivity index (χ2v) is 5.09. The van der Waals surface area contributed by atoms with Gasteiger partial charge >= 0.3 is 0 Å². The average Bonchev–Trinajstić information content (AvgIpc) is 2.49. The van der Waals surface area contributed by atoms with Crippen LogP contribution >= 0.6 is 0 Å². The number of hydrogen-bond donors (Lipinski definition) is 1. The monoisotopic (exact) mass is 281 g/mol. The van der Waals surface area contributed by atoms with E-state index in [1.54, 1.807) is 12.1 Å². The van der Waals surface area contributed by atoms with E-state index in [-0.39, 0.29) is 11.4 Å². The third-order valence-electron chi connectivity index (χ3n) is 3.85. The van der Waals surface area contributed by atoms with Gasteiger partial charge in [-0.2, -0.15) is 0 Å². The third-order valence-corrected chi connectivity index (χ3v) is 3.85. The minimum Gasteiger partial charge on any atom is -0.493 e. The van der Waals surface area contributed by atoms with Gasteiger partial charge in [-0.15, -0.1) is 0 Å². The number of pyridine rings is 1. The van der Waals surface area contributed by atoms with Gasteiger partial charge in [0.15, 0.2) is 0 Å². The molecule has 4 heteroatoms. The van der Waals surface area contributed by atoms with Crippen LogP contribution in [0.4, 0.5) is 4.39 Å². The summed E-state index contributed by atoms with van der Waals surface area (Å²) < 4.78 is 18.8. The first-order valence-corrected chi connectivity index (χ1v) is 6.80. The minimum absolute atomic E-state index is 0.150. The molecule has 0 radical (unpaired) electrons. The molecule has 0 bridgehead atoms. The molecule has 0 fully saturated rings. The molecule has 4 rings (SSSR count). The van der Waals surface area contributed by atoms with Gasteiger partial charge in [-0.3, -0.25) is 4.79 Å². The number of halogens is 1. The number of nitrogens with one attached hydrogen (secondary N) is 1. The maximum atomic E-state index is 13.1. The van der Waals surface area contributed by atoms with Crippen LogP contribution in [0.1, 0.15) is 5.56 Å². The Kier molecular flexibility index (Phi) is 2.57. The lowest BCUT2D eigenvalue weighted by atomic mass is 9.94. The standard InChI is InChI=1S/C17H12FNO2/c18-11-6-4-10(5-7-11)15-12-8-9-21-14-3-1-2-13(16(12)14)19-17(15)20/h1-7H,8-9H2,(H,19,20). The first kappa shape index (κ1) is 12.1. The Morgan fingerprint density at radius 2 is 1.90 bits per heavy atom. The molecular formula is C17H12FNO2. The molecule has 1 N–H and O–H groups in total. The van der Waals surface area contributed by atoms with Crippen molar-refractivity contribution < 1.29 is 9.13 Å². The summed E-state index contributed by atoms with van der Waals surface area (Å²) in [7, 11) is 0. The normalized spacial score (nSPS) is 13.2.